The first-order chi connectivity index (χ1) is 15.1. The van der Waals surface area contributed by atoms with E-state index in [0.29, 0.717) is 21.9 Å². The Labute approximate surface area is 191 Å². The lowest BCUT2D eigenvalue weighted by Gasteiger charge is -2.38. The summed E-state index contributed by atoms with van der Waals surface area (Å²) in [6, 6.07) is 11.8. The van der Waals surface area contributed by atoms with E-state index in [-0.39, 0.29) is 17.4 Å². The molecular formula is C23H25F2N3O3S. The fourth-order valence-electron chi connectivity index (χ4n) is 3.58. The summed E-state index contributed by atoms with van der Waals surface area (Å²) in [5.41, 5.74) is 3.53. The molecule has 0 bridgehead atoms. The van der Waals surface area contributed by atoms with Crippen LogP contribution in [0.15, 0.2) is 53.7 Å². The summed E-state index contributed by atoms with van der Waals surface area (Å²) >= 11 is 5.63. The maximum absolute atomic E-state index is 13.2. The lowest BCUT2D eigenvalue weighted by Crippen LogP contribution is -2.49. The SMILES string of the molecule is COc1ccc(C2NC(=S)N(c3ccc(C)cc3)C(C)=C2C(=O)N(C)C)cc1OC(F)F. The molecule has 9 heteroatoms. The van der Waals surface area contributed by atoms with E-state index in [2.05, 4.69) is 10.1 Å². The zero-order chi connectivity index (χ0) is 23.6. The topological polar surface area (TPSA) is 54.0 Å². The highest BCUT2D eigenvalue weighted by atomic mass is 32.1. The van der Waals surface area contributed by atoms with Crippen molar-refractivity contribution >= 4 is 28.9 Å². The van der Waals surface area contributed by atoms with Gasteiger partial charge < -0.3 is 19.7 Å². The number of aryl methyl sites for hydroxylation is 1. The molecule has 1 heterocycles. The van der Waals surface area contributed by atoms with Gasteiger partial charge in [-0.15, -0.1) is 0 Å². The van der Waals surface area contributed by atoms with Crippen LogP contribution in [0.4, 0.5) is 14.5 Å². The van der Waals surface area contributed by atoms with Crippen molar-refractivity contribution in [3.05, 3.63) is 64.9 Å². The molecule has 0 radical (unpaired) electrons. The zero-order valence-electron chi connectivity index (χ0n) is 18.5. The number of rotatable bonds is 6. The van der Waals surface area contributed by atoms with Gasteiger partial charge in [0.15, 0.2) is 16.6 Å². The first kappa shape index (κ1) is 23.5. The average Bonchev–Trinajstić information content (AvgIpc) is 2.73. The number of thiocarbonyl (C=S) groups is 1. The summed E-state index contributed by atoms with van der Waals surface area (Å²) in [6.07, 6.45) is 0. The van der Waals surface area contributed by atoms with Gasteiger partial charge in [-0.2, -0.15) is 8.78 Å². The Kier molecular flexibility index (Phi) is 6.98. The van der Waals surface area contributed by atoms with Crippen LogP contribution in [0.5, 0.6) is 11.5 Å². The van der Waals surface area contributed by atoms with Crippen LogP contribution in [0.1, 0.15) is 24.1 Å². The molecule has 0 fully saturated rings. The number of benzene rings is 2. The van der Waals surface area contributed by atoms with Crippen LogP contribution in [0.3, 0.4) is 0 Å². The molecule has 1 aliphatic rings. The minimum absolute atomic E-state index is 0.122. The number of carbonyl (C=O) groups excluding carboxylic acids is 1. The van der Waals surface area contributed by atoms with Gasteiger partial charge in [0.2, 0.25) is 0 Å². The fraction of sp³-hybridized carbons (Fsp3) is 0.304. The number of methoxy groups -OCH3 is 1. The van der Waals surface area contributed by atoms with Crippen LogP contribution in [-0.4, -0.2) is 43.7 Å². The third kappa shape index (κ3) is 4.67. The molecule has 6 nitrogen and oxygen atoms in total. The molecule has 32 heavy (non-hydrogen) atoms. The van der Waals surface area contributed by atoms with Gasteiger partial charge in [0.25, 0.3) is 5.91 Å². The summed E-state index contributed by atoms with van der Waals surface area (Å²) in [7, 11) is 4.68. The van der Waals surface area contributed by atoms with Gasteiger partial charge in [0.1, 0.15) is 0 Å². The summed E-state index contributed by atoms with van der Waals surface area (Å²) in [4.78, 5) is 16.5. The van der Waals surface area contributed by atoms with Crippen molar-refractivity contribution in [1.29, 1.82) is 0 Å². The second kappa shape index (κ2) is 9.52. The monoisotopic (exact) mass is 461 g/mol. The van der Waals surface area contributed by atoms with Crippen molar-refractivity contribution in [3.63, 3.8) is 0 Å². The highest BCUT2D eigenvalue weighted by Gasteiger charge is 2.35. The minimum Gasteiger partial charge on any atom is -0.493 e. The molecule has 1 aliphatic heterocycles. The van der Waals surface area contributed by atoms with Crippen molar-refractivity contribution in [2.75, 3.05) is 26.1 Å². The molecule has 1 atom stereocenters. The quantitative estimate of drug-likeness (QED) is 0.644. The van der Waals surface area contributed by atoms with E-state index in [1.807, 2.05) is 38.1 Å². The predicted octanol–water partition coefficient (Wildman–Crippen LogP) is 4.40. The molecule has 2 aromatic rings. The first-order valence-electron chi connectivity index (χ1n) is 9.86. The van der Waals surface area contributed by atoms with Crippen LogP contribution in [-0.2, 0) is 4.79 Å². The molecule has 0 aliphatic carbocycles. The molecule has 0 saturated carbocycles. The summed E-state index contributed by atoms with van der Waals surface area (Å²) in [5.74, 6) is -0.190. The van der Waals surface area contributed by atoms with Crippen LogP contribution in [0.25, 0.3) is 0 Å². The number of hydrogen-bond acceptors (Lipinski definition) is 4. The van der Waals surface area contributed by atoms with E-state index in [4.69, 9.17) is 17.0 Å². The second-order valence-corrected chi connectivity index (χ2v) is 7.93. The number of allylic oxidation sites excluding steroid dienone is 1. The highest BCUT2D eigenvalue weighted by Crippen LogP contribution is 2.38. The Morgan fingerprint density at radius 2 is 1.78 bits per heavy atom. The minimum atomic E-state index is -3.02. The molecule has 2 aromatic carbocycles. The number of hydrogen-bond donors (Lipinski definition) is 1. The highest BCUT2D eigenvalue weighted by molar-refractivity contribution is 7.80. The maximum atomic E-state index is 13.2. The van der Waals surface area contributed by atoms with Gasteiger partial charge in [0, 0.05) is 25.5 Å². The molecule has 0 aromatic heterocycles. The number of carbonyl (C=O) groups is 1. The molecule has 0 saturated heterocycles. The summed E-state index contributed by atoms with van der Waals surface area (Å²) < 4.78 is 35.6. The van der Waals surface area contributed by atoms with Crippen LogP contribution in [0, 0.1) is 6.92 Å². The van der Waals surface area contributed by atoms with Gasteiger partial charge in [-0.3, -0.25) is 9.69 Å². The van der Waals surface area contributed by atoms with Gasteiger partial charge in [-0.05, 0) is 55.9 Å². The number of nitrogens with one attached hydrogen (secondary N) is 1. The molecular weight excluding hydrogens is 436 g/mol. The Morgan fingerprint density at radius 3 is 2.34 bits per heavy atom. The molecule has 1 unspecified atom stereocenters. The van der Waals surface area contributed by atoms with E-state index in [0.717, 1.165) is 11.3 Å². The number of anilines is 1. The Balaban J connectivity index is 2.14. The van der Waals surface area contributed by atoms with Crippen molar-refractivity contribution in [2.45, 2.75) is 26.5 Å². The zero-order valence-corrected chi connectivity index (χ0v) is 19.3. The Hall–Kier alpha value is -3.20. The van der Waals surface area contributed by atoms with Crippen molar-refractivity contribution in [1.82, 2.24) is 10.2 Å². The molecule has 3 rings (SSSR count). The van der Waals surface area contributed by atoms with Crippen molar-refractivity contribution < 1.29 is 23.0 Å². The number of ether oxygens (including phenoxy) is 2. The standard InChI is InChI=1S/C23H25F2N3O3S/c1-13-6-9-16(10-7-13)28-14(2)19(21(29)27(3)4)20(26-23(28)32)15-8-11-17(30-5)18(12-15)31-22(24)25/h6-12,20,22H,1-5H3,(H,26,32). The lowest BCUT2D eigenvalue weighted by atomic mass is 9.93. The average molecular weight is 462 g/mol. The smallest absolute Gasteiger partial charge is 0.387 e. The van der Waals surface area contributed by atoms with E-state index in [9.17, 15) is 13.6 Å². The predicted molar refractivity (Wildman–Crippen MR) is 123 cm³/mol. The molecule has 0 spiro atoms. The second-order valence-electron chi connectivity index (χ2n) is 7.54. The van der Waals surface area contributed by atoms with Crippen LogP contribution in [0.2, 0.25) is 0 Å². The van der Waals surface area contributed by atoms with Crippen molar-refractivity contribution in [3.8, 4) is 11.5 Å². The largest absolute Gasteiger partial charge is 0.493 e. The maximum Gasteiger partial charge on any atom is 0.387 e. The number of alkyl halides is 2. The van der Waals surface area contributed by atoms with E-state index >= 15 is 0 Å². The summed E-state index contributed by atoms with van der Waals surface area (Å²) in [6.45, 7) is 0.785. The number of amides is 1. The summed E-state index contributed by atoms with van der Waals surface area (Å²) in [5, 5.41) is 3.59. The number of nitrogens with zero attached hydrogens (tertiary/aromatic N) is 2. The van der Waals surface area contributed by atoms with Gasteiger partial charge >= 0.3 is 6.61 Å². The van der Waals surface area contributed by atoms with Crippen LogP contribution < -0.4 is 19.7 Å². The van der Waals surface area contributed by atoms with Gasteiger partial charge in [-0.25, -0.2) is 0 Å². The Bertz CT molecular complexity index is 1050. The molecule has 1 amide bonds. The molecule has 170 valence electrons. The van der Waals surface area contributed by atoms with Crippen LogP contribution >= 0.6 is 12.2 Å². The van der Waals surface area contributed by atoms with E-state index < -0.39 is 12.7 Å². The van der Waals surface area contributed by atoms with E-state index in [1.165, 1.54) is 24.1 Å². The van der Waals surface area contributed by atoms with Gasteiger partial charge in [-0.1, -0.05) is 23.8 Å². The number of halogens is 2. The Morgan fingerprint density at radius 1 is 1.12 bits per heavy atom. The molecule has 1 N–H and O–H groups in total. The van der Waals surface area contributed by atoms with Gasteiger partial charge in [0.05, 0.1) is 18.7 Å². The third-order valence-electron chi connectivity index (χ3n) is 5.15. The normalized spacial score (nSPS) is 16.2. The third-order valence-corrected chi connectivity index (χ3v) is 5.45. The van der Waals surface area contributed by atoms with E-state index in [1.54, 1.807) is 25.1 Å². The van der Waals surface area contributed by atoms with Crippen molar-refractivity contribution in [2.24, 2.45) is 0 Å². The lowest BCUT2D eigenvalue weighted by molar-refractivity contribution is -0.125. The fourth-order valence-corrected chi connectivity index (χ4v) is 3.94. The number of likely N-dealkylation sites (N-methyl/N-ethyl adjacent to an activating group) is 1. The first-order valence-corrected chi connectivity index (χ1v) is 10.3.